The van der Waals surface area contributed by atoms with Crippen molar-refractivity contribution in [1.29, 1.82) is 0 Å². The minimum Gasteiger partial charge on any atom is -0.456 e. The summed E-state index contributed by atoms with van der Waals surface area (Å²) in [5.41, 5.74) is 12.6. The van der Waals surface area contributed by atoms with Crippen LogP contribution in [0.15, 0.2) is 24.3 Å². The Morgan fingerprint density at radius 2 is 1.85 bits per heavy atom. The van der Waals surface area contributed by atoms with Gasteiger partial charge in [-0.2, -0.15) is 0 Å². The second kappa shape index (κ2) is 6.37. The maximum atomic E-state index is 12.2. The highest BCUT2D eigenvalue weighted by atomic mass is 16.6. The lowest BCUT2D eigenvalue weighted by Crippen LogP contribution is -2.33. The Balaban J connectivity index is 2.02. The first kappa shape index (κ1) is 15.0. The van der Waals surface area contributed by atoms with Crippen molar-refractivity contribution in [1.82, 2.24) is 0 Å². The first-order valence-corrected chi connectivity index (χ1v) is 7.33. The molecule has 1 aliphatic carbocycles. The van der Waals surface area contributed by atoms with Gasteiger partial charge in [-0.1, -0.05) is 18.6 Å². The van der Waals surface area contributed by atoms with E-state index in [-0.39, 0.29) is 17.6 Å². The van der Waals surface area contributed by atoms with Crippen molar-refractivity contribution in [3.63, 3.8) is 0 Å². The summed E-state index contributed by atoms with van der Waals surface area (Å²) < 4.78 is 5.70. The van der Waals surface area contributed by atoms with Gasteiger partial charge >= 0.3 is 5.97 Å². The quantitative estimate of drug-likeness (QED) is 0.828. The van der Waals surface area contributed by atoms with Gasteiger partial charge in [0.25, 0.3) is 0 Å². The van der Waals surface area contributed by atoms with Crippen molar-refractivity contribution < 1.29 is 9.53 Å². The normalized spacial score (nSPS) is 19.4. The summed E-state index contributed by atoms with van der Waals surface area (Å²) in [5.74, 6) is -0.248. The first-order valence-electron chi connectivity index (χ1n) is 7.33. The summed E-state index contributed by atoms with van der Waals surface area (Å²) in [6.07, 6.45) is 5.41. The Morgan fingerprint density at radius 3 is 2.40 bits per heavy atom. The maximum absolute atomic E-state index is 12.2. The predicted octanol–water partition coefficient (Wildman–Crippen LogP) is 2.52. The van der Waals surface area contributed by atoms with Crippen LogP contribution in [0.1, 0.15) is 61.0 Å². The van der Waals surface area contributed by atoms with E-state index in [4.69, 9.17) is 16.2 Å². The standard InChI is InChI=1S/C16H24N2O2/c1-16(9-3-2-4-10-16)20-15(19)13-7-5-12(6-8-13)14(18)11-17/h5-8,14H,2-4,9-11,17-18H2,1H3. The molecule has 1 saturated carbocycles. The van der Waals surface area contributed by atoms with E-state index in [2.05, 4.69) is 0 Å². The van der Waals surface area contributed by atoms with Gasteiger partial charge in [-0.25, -0.2) is 4.79 Å². The molecule has 4 heteroatoms. The zero-order valence-electron chi connectivity index (χ0n) is 12.1. The molecule has 0 aliphatic heterocycles. The van der Waals surface area contributed by atoms with E-state index in [1.807, 2.05) is 19.1 Å². The van der Waals surface area contributed by atoms with Gasteiger partial charge in [-0.3, -0.25) is 0 Å². The van der Waals surface area contributed by atoms with E-state index in [0.717, 1.165) is 31.2 Å². The van der Waals surface area contributed by atoms with Crippen LogP contribution in [0.3, 0.4) is 0 Å². The molecule has 0 amide bonds. The zero-order valence-corrected chi connectivity index (χ0v) is 12.1. The number of nitrogens with two attached hydrogens (primary N) is 2. The van der Waals surface area contributed by atoms with Crippen LogP contribution in [-0.2, 0) is 4.74 Å². The number of hydrogen-bond donors (Lipinski definition) is 2. The lowest BCUT2D eigenvalue weighted by Gasteiger charge is -2.33. The van der Waals surface area contributed by atoms with E-state index < -0.39 is 0 Å². The Bertz CT molecular complexity index is 450. The van der Waals surface area contributed by atoms with Crippen LogP contribution < -0.4 is 11.5 Å². The molecule has 20 heavy (non-hydrogen) atoms. The Labute approximate surface area is 120 Å². The number of carbonyl (C=O) groups excluding carboxylic acids is 1. The van der Waals surface area contributed by atoms with Crippen molar-refractivity contribution in [3.05, 3.63) is 35.4 Å². The Morgan fingerprint density at radius 1 is 1.25 bits per heavy atom. The van der Waals surface area contributed by atoms with Crippen molar-refractivity contribution in [2.75, 3.05) is 6.54 Å². The smallest absolute Gasteiger partial charge is 0.338 e. The molecule has 0 spiro atoms. The molecule has 4 N–H and O–H groups in total. The molecule has 1 atom stereocenters. The number of benzene rings is 1. The van der Waals surface area contributed by atoms with Gasteiger partial charge in [0.1, 0.15) is 5.60 Å². The van der Waals surface area contributed by atoms with Gasteiger partial charge in [-0.05, 0) is 50.3 Å². The number of carbonyl (C=O) groups is 1. The summed E-state index contributed by atoms with van der Waals surface area (Å²) >= 11 is 0. The third kappa shape index (κ3) is 3.58. The summed E-state index contributed by atoms with van der Waals surface area (Å²) in [4.78, 5) is 12.2. The van der Waals surface area contributed by atoms with Crippen LogP contribution >= 0.6 is 0 Å². The van der Waals surface area contributed by atoms with Gasteiger partial charge in [0.2, 0.25) is 0 Å². The molecule has 0 saturated heterocycles. The lowest BCUT2D eigenvalue weighted by atomic mass is 9.86. The average molecular weight is 276 g/mol. The average Bonchev–Trinajstić information content (AvgIpc) is 2.47. The molecular formula is C16H24N2O2. The van der Waals surface area contributed by atoms with Crippen LogP contribution in [0.4, 0.5) is 0 Å². The molecule has 1 fully saturated rings. The number of hydrogen-bond acceptors (Lipinski definition) is 4. The monoisotopic (exact) mass is 276 g/mol. The highest BCUT2D eigenvalue weighted by Gasteiger charge is 2.31. The van der Waals surface area contributed by atoms with Crippen LogP contribution in [0.25, 0.3) is 0 Å². The third-order valence-electron chi connectivity index (χ3n) is 4.08. The van der Waals surface area contributed by atoms with Crippen LogP contribution in [-0.4, -0.2) is 18.1 Å². The predicted molar refractivity (Wildman–Crippen MR) is 79.3 cm³/mol. The highest BCUT2D eigenvalue weighted by Crippen LogP contribution is 2.31. The summed E-state index contributed by atoms with van der Waals surface area (Å²) in [6, 6.07) is 7.03. The minimum atomic E-state index is -0.304. The summed E-state index contributed by atoms with van der Waals surface area (Å²) in [6.45, 7) is 2.42. The van der Waals surface area contributed by atoms with E-state index >= 15 is 0 Å². The molecule has 1 aromatic carbocycles. The van der Waals surface area contributed by atoms with E-state index in [9.17, 15) is 4.79 Å². The molecule has 1 aromatic rings. The van der Waals surface area contributed by atoms with Crippen molar-refractivity contribution in [2.45, 2.75) is 50.7 Å². The molecule has 0 heterocycles. The fraction of sp³-hybridized carbons (Fsp3) is 0.562. The largest absolute Gasteiger partial charge is 0.456 e. The maximum Gasteiger partial charge on any atom is 0.338 e. The van der Waals surface area contributed by atoms with Crippen molar-refractivity contribution >= 4 is 5.97 Å². The van der Waals surface area contributed by atoms with Gasteiger partial charge in [0.15, 0.2) is 0 Å². The third-order valence-corrected chi connectivity index (χ3v) is 4.08. The lowest BCUT2D eigenvalue weighted by molar-refractivity contribution is -0.0269. The molecule has 1 unspecified atom stereocenters. The van der Waals surface area contributed by atoms with E-state index in [0.29, 0.717) is 12.1 Å². The zero-order chi connectivity index (χ0) is 14.6. The Hall–Kier alpha value is -1.39. The van der Waals surface area contributed by atoms with Crippen LogP contribution in [0, 0.1) is 0 Å². The molecule has 110 valence electrons. The summed E-state index contributed by atoms with van der Waals surface area (Å²) in [7, 11) is 0. The number of esters is 1. The second-order valence-corrected chi connectivity index (χ2v) is 5.86. The van der Waals surface area contributed by atoms with Gasteiger partial charge in [-0.15, -0.1) is 0 Å². The minimum absolute atomic E-state index is 0.184. The molecule has 4 nitrogen and oxygen atoms in total. The Kier molecular flexibility index (Phi) is 4.78. The topological polar surface area (TPSA) is 78.3 Å². The molecule has 2 rings (SSSR count). The van der Waals surface area contributed by atoms with Crippen LogP contribution in [0.5, 0.6) is 0 Å². The molecule has 1 aliphatic rings. The number of ether oxygens (including phenoxy) is 1. The summed E-state index contributed by atoms with van der Waals surface area (Å²) in [5, 5.41) is 0. The van der Waals surface area contributed by atoms with Gasteiger partial charge in [0, 0.05) is 12.6 Å². The molecule has 0 aromatic heterocycles. The first-order chi connectivity index (χ1) is 9.54. The van der Waals surface area contributed by atoms with E-state index in [1.165, 1.54) is 6.42 Å². The SMILES string of the molecule is CC1(OC(=O)c2ccc(C(N)CN)cc2)CCCCC1. The second-order valence-electron chi connectivity index (χ2n) is 5.86. The fourth-order valence-corrected chi connectivity index (χ4v) is 2.69. The van der Waals surface area contributed by atoms with Gasteiger partial charge < -0.3 is 16.2 Å². The molecule has 0 bridgehead atoms. The highest BCUT2D eigenvalue weighted by molar-refractivity contribution is 5.89. The van der Waals surface area contributed by atoms with E-state index in [1.54, 1.807) is 12.1 Å². The van der Waals surface area contributed by atoms with Gasteiger partial charge in [0.05, 0.1) is 5.56 Å². The number of rotatable bonds is 4. The van der Waals surface area contributed by atoms with Crippen molar-refractivity contribution in [3.8, 4) is 0 Å². The fourth-order valence-electron chi connectivity index (χ4n) is 2.69. The molecule has 0 radical (unpaired) electrons. The van der Waals surface area contributed by atoms with Crippen LogP contribution in [0.2, 0.25) is 0 Å². The van der Waals surface area contributed by atoms with Crippen molar-refractivity contribution in [2.24, 2.45) is 11.5 Å². The molecular weight excluding hydrogens is 252 g/mol.